The van der Waals surface area contributed by atoms with Gasteiger partial charge in [0.15, 0.2) is 0 Å². The minimum atomic E-state index is -0.00729. The van der Waals surface area contributed by atoms with Crippen molar-refractivity contribution in [2.24, 2.45) is 0 Å². The first-order chi connectivity index (χ1) is 11.2. The van der Waals surface area contributed by atoms with Crippen LogP contribution in [0.3, 0.4) is 0 Å². The number of para-hydroxylation sites is 1. The second kappa shape index (κ2) is 5.35. The van der Waals surface area contributed by atoms with E-state index in [4.69, 9.17) is 0 Å². The average Bonchev–Trinajstić information content (AvgIpc) is 3.21. The molecule has 3 aromatic rings. The molecule has 1 atom stereocenters. The zero-order chi connectivity index (χ0) is 15.8. The Morgan fingerprint density at radius 3 is 2.83 bits per heavy atom. The molecule has 0 spiro atoms. The second-order valence-corrected chi connectivity index (χ2v) is 5.73. The van der Waals surface area contributed by atoms with E-state index in [1.54, 1.807) is 18.7 Å². The summed E-state index contributed by atoms with van der Waals surface area (Å²) in [6.07, 6.45) is 7.72. The summed E-state index contributed by atoms with van der Waals surface area (Å²) in [5.41, 5.74) is 2.82. The number of fused-ring (bicyclic) bond motifs is 1. The van der Waals surface area contributed by atoms with Crippen molar-refractivity contribution in [1.29, 1.82) is 0 Å². The second-order valence-electron chi connectivity index (χ2n) is 5.73. The summed E-state index contributed by atoms with van der Waals surface area (Å²) < 4.78 is 1.81. The van der Waals surface area contributed by atoms with Gasteiger partial charge in [0.25, 0.3) is 5.91 Å². The minimum Gasteiger partial charge on any atom is -0.305 e. The molecule has 0 radical (unpaired) electrons. The Balaban J connectivity index is 1.65. The van der Waals surface area contributed by atoms with Gasteiger partial charge in [-0.2, -0.15) is 0 Å². The molecule has 0 bridgehead atoms. The van der Waals surface area contributed by atoms with Crippen molar-refractivity contribution in [3.05, 3.63) is 72.4 Å². The van der Waals surface area contributed by atoms with E-state index in [1.807, 2.05) is 46.0 Å². The molecular formula is C18H16N4O. The van der Waals surface area contributed by atoms with E-state index >= 15 is 0 Å². The van der Waals surface area contributed by atoms with Crippen molar-refractivity contribution >= 4 is 11.6 Å². The quantitative estimate of drug-likeness (QED) is 0.731. The molecule has 0 saturated carbocycles. The highest BCUT2D eigenvalue weighted by Gasteiger charge is 2.31. The molecule has 0 saturated heterocycles. The number of benzene rings is 1. The van der Waals surface area contributed by atoms with Crippen molar-refractivity contribution in [2.75, 3.05) is 4.90 Å². The molecule has 1 unspecified atom stereocenters. The first-order valence-corrected chi connectivity index (χ1v) is 7.60. The first kappa shape index (κ1) is 13.7. The maximum atomic E-state index is 12.9. The molecule has 5 heteroatoms. The Kier molecular flexibility index (Phi) is 3.19. The van der Waals surface area contributed by atoms with E-state index < -0.39 is 0 Å². The van der Waals surface area contributed by atoms with Crippen LogP contribution in [0.1, 0.15) is 22.8 Å². The normalized spacial score (nSPS) is 16.4. The van der Waals surface area contributed by atoms with E-state index in [1.165, 1.54) is 5.56 Å². The predicted octanol–water partition coefficient (Wildman–Crippen LogP) is 2.86. The topological polar surface area (TPSA) is 51.0 Å². The van der Waals surface area contributed by atoms with Crippen LogP contribution in [0.15, 0.2) is 61.3 Å². The van der Waals surface area contributed by atoms with Crippen molar-refractivity contribution in [1.82, 2.24) is 14.5 Å². The molecule has 114 valence electrons. The largest absolute Gasteiger partial charge is 0.305 e. The molecule has 0 N–H and O–H groups in total. The lowest BCUT2D eigenvalue weighted by Gasteiger charge is -2.22. The lowest BCUT2D eigenvalue weighted by Crippen LogP contribution is -2.35. The summed E-state index contributed by atoms with van der Waals surface area (Å²) in [7, 11) is 0. The van der Waals surface area contributed by atoms with Gasteiger partial charge in [-0.1, -0.05) is 18.2 Å². The van der Waals surface area contributed by atoms with Crippen molar-refractivity contribution in [3.63, 3.8) is 0 Å². The summed E-state index contributed by atoms with van der Waals surface area (Å²) in [5.74, 6) is 0.737. The van der Waals surface area contributed by atoms with E-state index in [0.717, 1.165) is 17.9 Å². The summed E-state index contributed by atoms with van der Waals surface area (Å²) in [5, 5.41) is 0. The Hall–Kier alpha value is -2.95. The van der Waals surface area contributed by atoms with Gasteiger partial charge >= 0.3 is 0 Å². The molecule has 0 fully saturated rings. The third-order valence-corrected chi connectivity index (χ3v) is 4.19. The molecule has 1 aliphatic heterocycles. The Labute approximate surface area is 134 Å². The fourth-order valence-corrected chi connectivity index (χ4v) is 3.07. The van der Waals surface area contributed by atoms with Crippen molar-refractivity contribution in [3.8, 4) is 5.82 Å². The third-order valence-electron chi connectivity index (χ3n) is 4.19. The third kappa shape index (κ3) is 2.30. The van der Waals surface area contributed by atoms with Gasteiger partial charge in [-0.15, -0.1) is 0 Å². The zero-order valence-corrected chi connectivity index (χ0v) is 12.8. The van der Waals surface area contributed by atoms with Gasteiger partial charge in [-0.3, -0.25) is 9.36 Å². The molecule has 1 amide bonds. The van der Waals surface area contributed by atoms with Gasteiger partial charge < -0.3 is 4.90 Å². The van der Waals surface area contributed by atoms with Crippen LogP contribution in [0.4, 0.5) is 5.69 Å². The lowest BCUT2D eigenvalue weighted by molar-refractivity contribution is 0.0981. The van der Waals surface area contributed by atoms with Gasteiger partial charge in [-0.05, 0) is 37.1 Å². The number of anilines is 1. The molecule has 3 heterocycles. The smallest absolute Gasteiger partial charge is 0.260 e. The number of imidazole rings is 1. The number of nitrogens with zero attached hydrogens (tertiary/aromatic N) is 4. The predicted molar refractivity (Wildman–Crippen MR) is 87.8 cm³/mol. The highest BCUT2D eigenvalue weighted by molar-refractivity contribution is 6.07. The molecule has 1 aromatic carbocycles. The van der Waals surface area contributed by atoms with Gasteiger partial charge in [0.05, 0.1) is 5.56 Å². The number of pyridine rings is 1. The number of carbonyl (C=O) groups is 1. The van der Waals surface area contributed by atoms with Crippen molar-refractivity contribution in [2.45, 2.75) is 19.4 Å². The molecule has 0 aliphatic carbocycles. The van der Waals surface area contributed by atoms with Crippen LogP contribution in [0, 0.1) is 0 Å². The maximum absolute atomic E-state index is 12.9. The molecule has 1 aliphatic rings. The SMILES string of the molecule is CC1Cc2ccccc2N1C(=O)c1ccc(-n2ccnc2)nc1. The van der Waals surface area contributed by atoms with Crippen LogP contribution in [0.5, 0.6) is 0 Å². The van der Waals surface area contributed by atoms with E-state index in [-0.39, 0.29) is 11.9 Å². The maximum Gasteiger partial charge on any atom is 0.260 e. The van der Waals surface area contributed by atoms with Crippen LogP contribution >= 0.6 is 0 Å². The Morgan fingerprint density at radius 2 is 2.09 bits per heavy atom. The monoisotopic (exact) mass is 304 g/mol. The summed E-state index contributed by atoms with van der Waals surface area (Å²) in [6, 6.07) is 11.9. The van der Waals surface area contributed by atoms with Gasteiger partial charge in [0, 0.05) is 30.3 Å². The standard InChI is InChI=1S/C18H16N4O/c1-13-10-14-4-2-3-5-16(14)22(13)18(23)15-6-7-17(20-11-15)21-9-8-19-12-21/h2-9,11-13H,10H2,1H3. The summed E-state index contributed by atoms with van der Waals surface area (Å²) in [6.45, 7) is 2.07. The number of carbonyl (C=O) groups excluding carboxylic acids is 1. The summed E-state index contributed by atoms with van der Waals surface area (Å²) >= 11 is 0. The highest BCUT2D eigenvalue weighted by atomic mass is 16.2. The Bertz CT molecular complexity index is 840. The number of amides is 1. The van der Waals surface area contributed by atoms with E-state index in [0.29, 0.717) is 5.56 Å². The number of hydrogen-bond acceptors (Lipinski definition) is 3. The van der Waals surface area contributed by atoms with Crippen LogP contribution < -0.4 is 4.90 Å². The molecular weight excluding hydrogens is 288 g/mol. The molecule has 23 heavy (non-hydrogen) atoms. The van der Waals surface area contributed by atoms with Gasteiger partial charge in [0.2, 0.25) is 0 Å². The Morgan fingerprint density at radius 1 is 1.22 bits per heavy atom. The average molecular weight is 304 g/mol. The fraction of sp³-hybridized carbons (Fsp3) is 0.167. The van der Waals surface area contributed by atoms with Crippen molar-refractivity contribution < 1.29 is 4.79 Å². The van der Waals surface area contributed by atoms with Crippen LogP contribution in [0.25, 0.3) is 5.82 Å². The van der Waals surface area contributed by atoms with E-state index in [2.05, 4.69) is 23.0 Å². The van der Waals surface area contributed by atoms with Gasteiger partial charge in [0.1, 0.15) is 12.1 Å². The highest BCUT2D eigenvalue weighted by Crippen LogP contribution is 2.32. The zero-order valence-electron chi connectivity index (χ0n) is 12.8. The molecule has 4 rings (SSSR count). The number of aromatic nitrogens is 3. The van der Waals surface area contributed by atoms with Crippen LogP contribution in [-0.2, 0) is 6.42 Å². The van der Waals surface area contributed by atoms with Crippen LogP contribution in [0.2, 0.25) is 0 Å². The number of rotatable bonds is 2. The van der Waals surface area contributed by atoms with E-state index in [9.17, 15) is 4.79 Å². The van der Waals surface area contributed by atoms with Crippen LogP contribution in [-0.4, -0.2) is 26.5 Å². The first-order valence-electron chi connectivity index (χ1n) is 7.60. The van der Waals surface area contributed by atoms with Gasteiger partial charge in [-0.25, -0.2) is 9.97 Å². The summed E-state index contributed by atoms with van der Waals surface area (Å²) in [4.78, 5) is 23.1. The fourth-order valence-electron chi connectivity index (χ4n) is 3.07. The number of hydrogen-bond donors (Lipinski definition) is 0. The lowest BCUT2D eigenvalue weighted by atomic mass is 10.1. The molecule has 5 nitrogen and oxygen atoms in total. The minimum absolute atomic E-state index is 0.00729. The molecule has 2 aromatic heterocycles.